The van der Waals surface area contributed by atoms with Gasteiger partial charge in [0.1, 0.15) is 4.99 Å². The number of thiocarbonyl (C=S) groups is 1. The van der Waals surface area contributed by atoms with Crippen LogP contribution in [0.3, 0.4) is 0 Å². The van der Waals surface area contributed by atoms with E-state index in [1.165, 1.54) is 0 Å². The first-order valence-electron chi connectivity index (χ1n) is 6.32. The van der Waals surface area contributed by atoms with Crippen LogP contribution < -0.4 is 11.1 Å². The number of nitrogens with one attached hydrogen (secondary N) is 1. The second kappa shape index (κ2) is 7.22. The summed E-state index contributed by atoms with van der Waals surface area (Å²) in [5, 5.41) is 3.56. The molecule has 19 heavy (non-hydrogen) atoms. The quantitative estimate of drug-likeness (QED) is 0.779. The molecule has 0 amide bonds. The second-order valence-corrected chi connectivity index (χ2v) is 6.67. The summed E-state index contributed by atoms with van der Waals surface area (Å²) in [6.45, 7) is 5.38. The molecule has 0 spiro atoms. The lowest BCUT2D eigenvalue weighted by Crippen LogP contribution is -2.37. The van der Waals surface area contributed by atoms with Crippen LogP contribution in [0.4, 0.5) is 5.69 Å². The van der Waals surface area contributed by atoms with E-state index in [1.54, 1.807) is 0 Å². The molecule has 1 rings (SSSR count). The summed E-state index contributed by atoms with van der Waals surface area (Å²) in [5.41, 5.74) is 7.68. The molecule has 0 aliphatic heterocycles. The van der Waals surface area contributed by atoms with E-state index in [9.17, 15) is 0 Å². The highest BCUT2D eigenvalue weighted by molar-refractivity contribution is 9.10. The lowest BCUT2D eigenvalue weighted by atomic mass is 10.0. The van der Waals surface area contributed by atoms with E-state index in [4.69, 9.17) is 18.0 Å². The highest BCUT2D eigenvalue weighted by Gasteiger charge is 2.16. The van der Waals surface area contributed by atoms with Gasteiger partial charge in [0.25, 0.3) is 0 Å². The summed E-state index contributed by atoms with van der Waals surface area (Å²) in [4.78, 5) is 2.59. The van der Waals surface area contributed by atoms with Crippen molar-refractivity contribution in [2.75, 3.05) is 26.0 Å². The Morgan fingerprint density at radius 3 is 2.53 bits per heavy atom. The zero-order valence-corrected chi connectivity index (χ0v) is 14.3. The number of nitrogens with two attached hydrogens (primary N) is 1. The molecule has 0 saturated carbocycles. The lowest BCUT2D eigenvalue weighted by molar-refractivity contribution is 0.344. The Morgan fingerprint density at radius 1 is 1.42 bits per heavy atom. The molecule has 1 aromatic carbocycles. The van der Waals surface area contributed by atoms with Gasteiger partial charge in [0, 0.05) is 28.3 Å². The van der Waals surface area contributed by atoms with Gasteiger partial charge in [-0.2, -0.15) is 0 Å². The molecule has 1 atom stereocenters. The van der Waals surface area contributed by atoms with Crippen LogP contribution in [-0.4, -0.2) is 36.6 Å². The number of halogens is 1. The summed E-state index contributed by atoms with van der Waals surface area (Å²) >= 11 is 8.57. The van der Waals surface area contributed by atoms with E-state index in [0.29, 0.717) is 16.9 Å². The minimum absolute atomic E-state index is 0.351. The number of nitrogens with zero attached hydrogens (tertiary/aromatic N) is 1. The fourth-order valence-electron chi connectivity index (χ4n) is 1.86. The molecule has 0 bridgehead atoms. The van der Waals surface area contributed by atoms with E-state index in [0.717, 1.165) is 22.3 Å². The molecular formula is C14H22BrN3S. The van der Waals surface area contributed by atoms with Crippen LogP contribution in [0, 0.1) is 5.92 Å². The molecule has 0 aromatic heterocycles. The topological polar surface area (TPSA) is 41.3 Å². The third kappa shape index (κ3) is 5.09. The van der Waals surface area contributed by atoms with Crippen molar-refractivity contribution >= 4 is 38.8 Å². The van der Waals surface area contributed by atoms with Crippen molar-refractivity contribution in [3.63, 3.8) is 0 Å². The lowest BCUT2D eigenvalue weighted by Gasteiger charge is -2.27. The molecule has 3 N–H and O–H groups in total. The van der Waals surface area contributed by atoms with E-state index < -0.39 is 0 Å². The maximum absolute atomic E-state index is 5.80. The molecule has 0 fully saturated rings. The average Bonchev–Trinajstić information content (AvgIpc) is 2.29. The third-order valence-corrected chi connectivity index (χ3v) is 3.67. The molecule has 0 saturated heterocycles. The standard InChI is InChI=1S/C14H22BrN3S/c1-9(2)13(8-18(3)4)17-12-6-5-10(15)7-11(12)14(16)19/h5-7,9,13,17H,8H2,1-4H3,(H2,16,19). The van der Waals surface area contributed by atoms with Gasteiger partial charge in [-0.25, -0.2) is 0 Å². The Bertz CT molecular complexity index is 446. The number of benzene rings is 1. The van der Waals surface area contributed by atoms with Crippen molar-refractivity contribution in [3.8, 4) is 0 Å². The van der Waals surface area contributed by atoms with Gasteiger partial charge < -0.3 is 16.0 Å². The normalized spacial score (nSPS) is 12.8. The summed E-state index contributed by atoms with van der Waals surface area (Å²) in [6.07, 6.45) is 0. The molecule has 0 aliphatic rings. The Hall–Kier alpha value is -0.650. The van der Waals surface area contributed by atoms with E-state index in [1.807, 2.05) is 18.2 Å². The average molecular weight is 344 g/mol. The molecule has 1 unspecified atom stereocenters. The van der Waals surface area contributed by atoms with Gasteiger partial charge in [0.05, 0.1) is 0 Å². The predicted octanol–water partition coefficient (Wildman–Crippen LogP) is 3.08. The first-order valence-corrected chi connectivity index (χ1v) is 7.52. The van der Waals surface area contributed by atoms with Gasteiger partial charge in [-0.3, -0.25) is 0 Å². The highest BCUT2D eigenvalue weighted by atomic mass is 79.9. The zero-order valence-electron chi connectivity index (χ0n) is 11.9. The minimum Gasteiger partial charge on any atom is -0.389 e. The molecule has 106 valence electrons. The monoisotopic (exact) mass is 343 g/mol. The number of anilines is 1. The molecule has 1 aromatic rings. The van der Waals surface area contributed by atoms with Crippen LogP contribution in [-0.2, 0) is 0 Å². The highest BCUT2D eigenvalue weighted by Crippen LogP contribution is 2.23. The van der Waals surface area contributed by atoms with Crippen molar-refractivity contribution in [3.05, 3.63) is 28.2 Å². The number of hydrogen-bond donors (Lipinski definition) is 2. The second-order valence-electron chi connectivity index (χ2n) is 5.31. The van der Waals surface area contributed by atoms with Gasteiger partial charge in [0.2, 0.25) is 0 Å². The van der Waals surface area contributed by atoms with Crippen molar-refractivity contribution < 1.29 is 0 Å². The fraction of sp³-hybridized carbons (Fsp3) is 0.500. The van der Waals surface area contributed by atoms with Crippen LogP contribution in [0.2, 0.25) is 0 Å². The van der Waals surface area contributed by atoms with Crippen molar-refractivity contribution in [1.82, 2.24) is 4.90 Å². The smallest absolute Gasteiger partial charge is 0.106 e. The van der Waals surface area contributed by atoms with Crippen molar-refractivity contribution in [1.29, 1.82) is 0 Å². The number of likely N-dealkylation sites (N-methyl/N-ethyl adjacent to an activating group) is 1. The third-order valence-electron chi connectivity index (χ3n) is 2.95. The minimum atomic E-state index is 0.351. The van der Waals surface area contributed by atoms with E-state index in [2.05, 4.69) is 54.1 Å². The number of rotatable bonds is 6. The van der Waals surface area contributed by atoms with Gasteiger partial charge in [-0.15, -0.1) is 0 Å². The Labute approximate surface area is 129 Å². The molecule has 0 radical (unpaired) electrons. The van der Waals surface area contributed by atoms with Gasteiger partial charge in [0.15, 0.2) is 0 Å². The molecular weight excluding hydrogens is 322 g/mol. The van der Waals surface area contributed by atoms with Crippen LogP contribution in [0.1, 0.15) is 19.4 Å². The van der Waals surface area contributed by atoms with E-state index in [-0.39, 0.29) is 0 Å². The Morgan fingerprint density at radius 2 is 2.05 bits per heavy atom. The van der Waals surface area contributed by atoms with Crippen LogP contribution >= 0.6 is 28.1 Å². The van der Waals surface area contributed by atoms with Crippen LogP contribution in [0.5, 0.6) is 0 Å². The SMILES string of the molecule is CC(C)C(CN(C)C)Nc1ccc(Br)cc1C(N)=S. The predicted molar refractivity (Wildman–Crippen MR) is 90.8 cm³/mol. The van der Waals surface area contributed by atoms with Crippen molar-refractivity contribution in [2.45, 2.75) is 19.9 Å². The van der Waals surface area contributed by atoms with Crippen molar-refractivity contribution in [2.24, 2.45) is 11.7 Å². The molecule has 3 nitrogen and oxygen atoms in total. The first kappa shape index (κ1) is 16.4. The first-order chi connectivity index (χ1) is 8.81. The van der Waals surface area contributed by atoms with Crippen LogP contribution in [0.15, 0.2) is 22.7 Å². The van der Waals surface area contributed by atoms with Gasteiger partial charge >= 0.3 is 0 Å². The summed E-state index contributed by atoms with van der Waals surface area (Å²) in [5.74, 6) is 0.519. The molecule has 0 heterocycles. The van der Waals surface area contributed by atoms with Gasteiger partial charge in [-0.05, 0) is 38.2 Å². The fourth-order valence-corrected chi connectivity index (χ4v) is 2.39. The van der Waals surface area contributed by atoms with E-state index >= 15 is 0 Å². The zero-order chi connectivity index (χ0) is 14.6. The maximum Gasteiger partial charge on any atom is 0.106 e. The molecule has 0 aliphatic carbocycles. The summed E-state index contributed by atoms with van der Waals surface area (Å²) < 4.78 is 0.981. The Kier molecular flexibility index (Phi) is 6.23. The summed E-state index contributed by atoms with van der Waals surface area (Å²) in [6, 6.07) is 6.32. The largest absolute Gasteiger partial charge is 0.389 e. The van der Waals surface area contributed by atoms with Gasteiger partial charge in [-0.1, -0.05) is 42.0 Å². The summed E-state index contributed by atoms with van der Waals surface area (Å²) in [7, 11) is 4.15. The number of hydrogen-bond acceptors (Lipinski definition) is 3. The maximum atomic E-state index is 5.80. The Balaban J connectivity index is 2.99. The molecule has 5 heteroatoms. The van der Waals surface area contributed by atoms with Crippen LogP contribution in [0.25, 0.3) is 0 Å².